The number of carbonyl (C=O) groups is 1. The van der Waals surface area contributed by atoms with Crippen LogP contribution in [0.25, 0.3) is 0 Å². The summed E-state index contributed by atoms with van der Waals surface area (Å²) in [6, 6.07) is 8.13. The summed E-state index contributed by atoms with van der Waals surface area (Å²) >= 11 is 0. The van der Waals surface area contributed by atoms with Gasteiger partial charge in [0.1, 0.15) is 5.56 Å². The van der Waals surface area contributed by atoms with Gasteiger partial charge in [-0.3, -0.25) is 0 Å². The number of hydrogen-bond acceptors (Lipinski definition) is 4. The number of aromatic carboxylic acids is 1. The van der Waals surface area contributed by atoms with Crippen molar-refractivity contribution in [2.75, 3.05) is 11.9 Å². The Morgan fingerprint density at radius 1 is 1.14 bits per heavy atom. The van der Waals surface area contributed by atoms with Crippen molar-refractivity contribution in [3.8, 4) is 0 Å². The molecule has 0 aliphatic carbocycles. The molecule has 2 rings (SSSR count). The highest BCUT2D eigenvalue weighted by molar-refractivity contribution is 5.95. The minimum Gasteiger partial charge on any atom is -0.478 e. The number of benzene rings is 1. The fourth-order valence-electron chi connectivity index (χ4n) is 2.16. The van der Waals surface area contributed by atoms with Crippen LogP contribution in [-0.4, -0.2) is 28.3 Å². The molecule has 1 aromatic carbocycles. The zero-order valence-corrected chi connectivity index (χ0v) is 12.7. The average molecular weight is 285 g/mol. The Hall–Kier alpha value is -2.43. The van der Waals surface area contributed by atoms with Gasteiger partial charge in [0.05, 0.1) is 5.69 Å². The predicted molar refractivity (Wildman–Crippen MR) is 81.8 cm³/mol. The second kappa shape index (κ2) is 5.91. The maximum atomic E-state index is 11.5. The highest BCUT2D eigenvalue weighted by Gasteiger charge is 2.20. The Morgan fingerprint density at radius 3 is 2.33 bits per heavy atom. The van der Waals surface area contributed by atoms with E-state index in [2.05, 4.69) is 10.2 Å². The number of hydrogen-bond donors (Lipinski definition) is 1. The van der Waals surface area contributed by atoms with Crippen LogP contribution in [0.1, 0.15) is 32.7 Å². The van der Waals surface area contributed by atoms with Gasteiger partial charge >= 0.3 is 5.97 Å². The molecule has 0 bridgehead atoms. The zero-order chi connectivity index (χ0) is 15.6. The zero-order valence-electron chi connectivity index (χ0n) is 12.7. The molecule has 21 heavy (non-hydrogen) atoms. The van der Waals surface area contributed by atoms with Crippen molar-refractivity contribution in [1.82, 2.24) is 10.2 Å². The van der Waals surface area contributed by atoms with Crippen LogP contribution in [0.3, 0.4) is 0 Å². The molecule has 0 radical (unpaired) electrons. The van der Waals surface area contributed by atoms with Gasteiger partial charge in [0, 0.05) is 13.6 Å². The summed E-state index contributed by atoms with van der Waals surface area (Å²) in [6.07, 6.45) is 0. The molecular weight excluding hydrogens is 266 g/mol. The number of anilines is 1. The van der Waals surface area contributed by atoms with E-state index in [1.807, 2.05) is 43.1 Å². The third kappa shape index (κ3) is 3.18. The molecule has 1 aromatic heterocycles. The monoisotopic (exact) mass is 285 g/mol. The third-order valence-electron chi connectivity index (χ3n) is 3.55. The van der Waals surface area contributed by atoms with Crippen molar-refractivity contribution in [3.63, 3.8) is 0 Å². The minimum atomic E-state index is -0.976. The van der Waals surface area contributed by atoms with E-state index in [1.54, 1.807) is 13.8 Å². The lowest BCUT2D eigenvalue weighted by Gasteiger charge is -2.21. The van der Waals surface area contributed by atoms with E-state index in [9.17, 15) is 9.90 Å². The number of aryl methyl sites for hydroxylation is 2. The molecular formula is C16H19N3O2. The molecule has 0 aliphatic heterocycles. The number of carboxylic acids is 1. The summed E-state index contributed by atoms with van der Waals surface area (Å²) in [5.41, 5.74) is 3.80. The Bertz CT molecular complexity index is 666. The highest BCUT2D eigenvalue weighted by Crippen LogP contribution is 2.22. The summed E-state index contributed by atoms with van der Waals surface area (Å²) in [4.78, 5) is 13.3. The normalized spacial score (nSPS) is 10.5. The van der Waals surface area contributed by atoms with E-state index in [-0.39, 0.29) is 5.56 Å². The topological polar surface area (TPSA) is 66.3 Å². The van der Waals surface area contributed by atoms with Gasteiger partial charge < -0.3 is 10.0 Å². The van der Waals surface area contributed by atoms with Gasteiger partial charge in [-0.05, 0) is 31.9 Å². The predicted octanol–water partition coefficient (Wildman–Crippen LogP) is 2.74. The highest BCUT2D eigenvalue weighted by atomic mass is 16.4. The standard InChI is InChI=1S/C16H19N3O2/c1-10-5-7-13(8-6-10)9-19(4)15-14(16(20)21)11(2)12(3)17-18-15/h5-8H,9H2,1-4H3,(H,20,21). The van der Waals surface area contributed by atoms with Crippen LogP contribution >= 0.6 is 0 Å². The third-order valence-corrected chi connectivity index (χ3v) is 3.55. The van der Waals surface area contributed by atoms with Crippen molar-refractivity contribution >= 4 is 11.8 Å². The molecule has 0 spiro atoms. The first kappa shape index (κ1) is 15.0. The summed E-state index contributed by atoms with van der Waals surface area (Å²) < 4.78 is 0. The number of carboxylic acid groups (broad SMARTS) is 1. The Balaban J connectivity index is 2.35. The van der Waals surface area contributed by atoms with Crippen LogP contribution < -0.4 is 4.90 Å². The second-order valence-electron chi connectivity index (χ2n) is 5.26. The quantitative estimate of drug-likeness (QED) is 0.935. The maximum Gasteiger partial charge on any atom is 0.339 e. The maximum absolute atomic E-state index is 11.5. The van der Waals surface area contributed by atoms with Crippen molar-refractivity contribution < 1.29 is 9.90 Å². The Labute approximate surface area is 124 Å². The fourth-order valence-corrected chi connectivity index (χ4v) is 2.16. The molecule has 0 unspecified atom stereocenters. The van der Waals surface area contributed by atoms with Gasteiger partial charge in [-0.15, -0.1) is 5.10 Å². The molecule has 1 N–H and O–H groups in total. The van der Waals surface area contributed by atoms with Crippen LogP contribution in [0.15, 0.2) is 24.3 Å². The van der Waals surface area contributed by atoms with E-state index in [4.69, 9.17) is 0 Å². The SMILES string of the molecule is Cc1ccc(CN(C)c2nnc(C)c(C)c2C(=O)O)cc1. The fraction of sp³-hybridized carbons (Fsp3) is 0.312. The number of nitrogens with zero attached hydrogens (tertiary/aromatic N) is 3. The molecule has 0 fully saturated rings. The van der Waals surface area contributed by atoms with Crippen LogP contribution in [-0.2, 0) is 6.54 Å². The van der Waals surface area contributed by atoms with Crippen LogP contribution in [0, 0.1) is 20.8 Å². The molecule has 0 amide bonds. The van der Waals surface area contributed by atoms with Crippen molar-refractivity contribution in [2.45, 2.75) is 27.3 Å². The molecule has 5 nitrogen and oxygen atoms in total. The van der Waals surface area contributed by atoms with E-state index in [1.165, 1.54) is 5.56 Å². The Kier molecular flexibility index (Phi) is 4.21. The summed E-state index contributed by atoms with van der Waals surface area (Å²) in [6.45, 7) is 6.14. The molecule has 1 heterocycles. The van der Waals surface area contributed by atoms with Gasteiger partial charge in [0.2, 0.25) is 0 Å². The van der Waals surface area contributed by atoms with Crippen molar-refractivity contribution in [2.24, 2.45) is 0 Å². The second-order valence-corrected chi connectivity index (χ2v) is 5.26. The molecule has 110 valence electrons. The molecule has 2 aromatic rings. The van der Waals surface area contributed by atoms with Gasteiger partial charge in [0.25, 0.3) is 0 Å². The van der Waals surface area contributed by atoms with Gasteiger partial charge in [0.15, 0.2) is 5.82 Å². The smallest absolute Gasteiger partial charge is 0.339 e. The first-order valence-corrected chi connectivity index (χ1v) is 6.74. The van der Waals surface area contributed by atoms with E-state index in [0.29, 0.717) is 23.6 Å². The Morgan fingerprint density at radius 2 is 1.76 bits per heavy atom. The lowest BCUT2D eigenvalue weighted by molar-refractivity contribution is 0.0696. The van der Waals surface area contributed by atoms with Crippen LogP contribution in [0.2, 0.25) is 0 Å². The lowest BCUT2D eigenvalue weighted by Crippen LogP contribution is -2.22. The van der Waals surface area contributed by atoms with Gasteiger partial charge in [-0.25, -0.2) is 4.79 Å². The van der Waals surface area contributed by atoms with Gasteiger partial charge in [-0.2, -0.15) is 5.10 Å². The average Bonchev–Trinajstić information content (AvgIpc) is 2.43. The van der Waals surface area contributed by atoms with Gasteiger partial charge in [-0.1, -0.05) is 29.8 Å². The summed E-state index contributed by atoms with van der Waals surface area (Å²) in [7, 11) is 1.82. The first-order chi connectivity index (χ1) is 9.90. The number of rotatable bonds is 4. The number of aromatic nitrogens is 2. The lowest BCUT2D eigenvalue weighted by atomic mass is 10.1. The van der Waals surface area contributed by atoms with E-state index in [0.717, 1.165) is 5.56 Å². The minimum absolute atomic E-state index is 0.220. The summed E-state index contributed by atoms with van der Waals surface area (Å²) in [5, 5.41) is 17.5. The van der Waals surface area contributed by atoms with E-state index < -0.39 is 5.97 Å². The summed E-state index contributed by atoms with van der Waals surface area (Å²) in [5.74, 6) is -0.581. The first-order valence-electron chi connectivity index (χ1n) is 6.74. The molecule has 0 saturated heterocycles. The molecule has 0 atom stereocenters. The van der Waals surface area contributed by atoms with Crippen LogP contribution in [0.5, 0.6) is 0 Å². The van der Waals surface area contributed by atoms with Crippen molar-refractivity contribution in [1.29, 1.82) is 0 Å². The van der Waals surface area contributed by atoms with E-state index >= 15 is 0 Å². The van der Waals surface area contributed by atoms with Crippen LogP contribution in [0.4, 0.5) is 5.82 Å². The largest absolute Gasteiger partial charge is 0.478 e. The molecule has 0 aliphatic rings. The van der Waals surface area contributed by atoms with Crippen molar-refractivity contribution in [3.05, 3.63) is 52.2 Å². The molecule has 5 heteroatoms. The molecule has 0 saturated carbocycles.